The Morgan fingerprint density at radius 1 is 1.13 bits per heavy atom. The van der Waals surface area contributed by atoms with E-state index in [9.17, 15) is 4.79 Å². The number of nitrogens with one attached hydrogen (secondary N) is 1. The summed E-state index contributed by atoms with van der Waals surface area (Å²) in [4.78, 5) is 13.6. The summed E-state index contributed by atoms with van der Waals surface area (Å²) >= 11 is 0. The van der Waals surface area contributed by atoms with Gasteiger partial charge in [0, 0.05) is 25.2 Å². The molecule has 23 heavy (non-hydrogen) atoms. The molecular formula is C18H22N2O3. The number of aliphatic hydroxyl groups is 1. The number of amides is 2. The summed E-state index contributed by atoms with van der Waals surface area (Å²) in [5.74, 6) is 1.46. The van der Waals surface area contributed by atoms with Gasteiger partial charge in [0.15, 0.2) is 0 Å². The molecule has 0 radical (unpaired) electrons. The van der Waals surface area contributed by atoms with Crippen LogP contribution >= 0.6 is 0 Å². The number of carbonyl (C=O) groups is 1. The Hall–Kier alpha value is -2.53. The summed E-state index contributed by atoms with van der Waals surface area (Å²) in [7, 11) is 0. The molecule has 0 spiro atoms. The number of hydrogen-bond donors (Lipinski definition) is 2. The summed E-state index contributed by atoms with van der Waals surface area (Å²) in [5, 5.41) is 11.8. The third kappa shape index (κ3) is 5.00. The van der Waals surface area contributed by atoms with Crippen molar-refractivity contribution in [3.8, 4) is 11.5 Å². The first-order chi connectivity index (χ1) is 11.2. The topological polar surface area (TPSA) is 61.8 Å². The molecule has 0 aromatic heterocycles. The molecule has 2 rings (SSSR count). The lowest BCUT2D eigenvalue weighted by Crippen LogP contribution is -2.41. The molecule has 2 aromatic carbocycles. The molecule has 2 N–H and O–H groups in total. The highest BCUT2D eigenvalue weighted by atomic mass is 16.5. The molecule has 2 amide bonds. The first kappa shape index (κ1) is 16.8. The van der Waals surface area contributed by atoms with Gasteiger partial charge in [0.25, 0.3) is 0 Å². The van der Waals surface area contributed by atoms with Crippen molar-refractivity contribution < 1.29 is 14.6 Å². The van der Waals surface area contributed by atoms with Crippen LogP contribution in [0.15, 0.2) is 54.6 Å². The van der Waals surface area contributed by atoms with E-state index in [-0.39, 0.29) is 12.6 Å². The van der Waals surface area contributed by atoms with E-state index < -0.39 is 0 Å². The normalized spacial score (nSPS) is 10.2. The van der Waals surface area contributed by atoms with Crippen molar-refractivity contribution >= 4 is 6.03 Å². The standard InChI is InChI=1S/C18H22N2O3/c1-2-20(12-13-21)18(22)19-14-15-8-6-7-11-17(15)23-16-9-4-3-5-10-16/h3-11,21H,2,12-14H2,1H3,(H,19,22). The second-order valence-electron chi connectivity index (χ2n) is 4.98. The predicted molar refractivity (Wildman–Crippen MR) is 89.5 cm³/mol. The minimum atomic E-state index is -0.198. The summed E-state index contributed by atoms with van der Waals surface area (Å²) in [6.45, 7) is 3.07. The molecule has 2 aromatic rings. The molecule has 0 fully saturated rings. The van der Waals surface area contributed by atoms with Gasteiger partial charge in [-0.1, -0.05) is 36.4 Å². The SMILES string of the molecule is CCN(CCO)C(=O)NCc1ccccc1Oc1ccccc1. The van der Waals surface area contributed by atoms with Gasteiger partial charge in [0.2, 0.25) is 0 Å². The van der Waals surface area contributed by atoms with Gasteiger partial charge in [0.05, 0.1) is 6.61 Å². The zero-order valence-electron chi connectivity index (χ0n) is 13.2. The van der Waals surface area contributed by atoms with Crippen molar-refractivity contribution in [2.24, 2.45) is 0 Å². The highest BCUT2D eigenvalue weighted by Gasteiger charge is 2.11. The van der Waals surface area contributed by atoms with E-state index in [1.54, 1.807) is 4.90 Å². The average molecular weight is 314 g/mol. The quantitative estimate of drug-likeness (QED) is 0.826. The Morgan fingerprint density at radius 3 is 2.52 bits per heavy atom. The number of carbonyl (C=O) groups excluding carboxylic acids is 1. The summed E-state index contributed by atoms with van der Waals surface area (Å²) < 4.78 is 5.87. The summed E-state index contributed by atoms with van der Waals surface area (Å²) in [6, 6.07) is 16.9. The van der Waals surface area contributed by atoms with E-state index in [0.717, 1.165) is 11.3 Å². The number of urea groups is 1. The molecule has 0 aliphatic rings. The lowest BCUT2D eigenvalue weighted by Gasteiger charge is -2.20. The van der Waals surface area contributed by atoms with E-state index in [1.165, 1.54) is 0 Å². The Balaban J connectivity index is 2.01. The number of hydrogen-bond acceptors (Lipinski definition) is 3. The van der Waals surface area contributed by atoms with Gasteiger partial charge < -0.3 is 20.1 Å². The zero-order valence-corrected chi connectivity index (χ0v) is 13.2. The van der Waals surface area contributed by atoms with Crippen LogP contribution in [0.2, 0.25) is 0 Å². The van der Waals surface area contributed by atoms with Gasteiger partial charge in [-0.25, -0.2) is 4.79 Å². The molecule has 0 aliphatic heterocycles. The number of benzene rings is 2. The van der Waals surface area contributed by atoms with Gasteiger partial charge >= 0.3 is 6.03 Å². The van der Waals surface area contributed by atoms with Crippen LogP contribution in [0.5, 0.6) is 11.5 Å². The molecule has 0 aliphatic carbocycles. The Kier molecular flexibility index (Phi) is 6.44. The lowest BCUT2D eigenvalue weighted by molar-refractivity contribution is 0.180. The van der Waals surface area contributed by atoms with Gasteiger partial charge in [-0.15, -0.1) is 0 Å². The fourth-order valence-corrected chi connectivity index (χ4v) is 2.17. The van der Waals surface area contributed by atoms with Crippen molar-refractivity contribution in [3.05, 3.63) is 60.2 Å². The van der Waals surface area contributed by atoms with E-state index >= 15 is 0 Å². The largest absolute Gasteiger partial charge is 0.457 e. The van der Waals surface area contributed by atoms with Gasteiger partial charge in [-0.05, 0) is 25.1 Å². The number of rotatable bonds is 7. The molecule has 122 valence electrons. The van der Waals surface area contributed by atoms with E-state index in [0.29, 0.717) is 25.4 Å². The van der Waals surface area contributed by atoms with Crippen LogP contribution in [0.4, 0.5) is 4.79 Å². The van der Waals surface area contributed by atoms with E-state index in [2.05, 4.69) is 5.32 Å². The summed E-state index contributed by atoms with van der Waals surface area (Å²) in [6.07, 6.45) is 0. The molecule has 0 bridgehead atoms. The van der Waals surface area contributed by atoms with Crippen molar-refractivity contribution in [1.82, 2.24) is 10.2 Å². The Morgan fingerprint density at radius 2 is 1.83 bits per heavy atom. The Bertz CT molecular complexity index is 617. The number of aliphatic hydroxyl groups excluding tert-OH is 1. The molecule has 0 saturated heterocycles. The lowest BCUT2D eigenvalue weighted by atomic mass is 10.2. The third-order valence-corrected chi connectivity index (χ3v) is 3.41. The number of nitrogens with zero attached hydrogens (tertiary/aromatic N) is 1. The van der Waals surface area contributed by atoms with Crippen LogP contribution in [-0.2, 0) is 6.54 Å². The van der Waals surface area contributed by atoms with Gasteiger partial charge in [-0.3, -0.25) is 0 Å². The zero-order chi connectivity index (χ0) is 16.5. The molecule has 0 heterocycles. The van der Waals surface area contributed by atoms with E-state index in [1.807, 2.05) is 61.5 Å². The number of likely N-dealkylation sites (N-methyl/N-ethyl adjacent to an activating group) is 1. The predicted octanol–water partition coefficient (Wildman–Crippen LogP) is 3.00. The molecule has 5 heteroatoms. The first-order valence-electron chi connectivity index (χ1n) is 7.69. The molecule has 0 atom stereocenters. The minimum Gasteiger partial charge on any atom is -0.457 e. The van der Waals surface area contributed by atoms with Crippen molar-refractivity contribution in [2.75, 3.05) is 19.7 Å². The van der Waals surface area contributed by atoms with Crippen LogP contribution in [0.25, 0.3) is 0 Å². The van der Waals surface area contributed by atoms with Crippen molar-refractivity contribution in [2.45, 2.75) is 13.5 Å². The van der Waals surface area contributed by atoms with E-state index in [4.69, 9.17) is 9.84 Å². The monoisotopic (exact) mass is 314 g/mol. The molecule has 0 saturated carbocycles. The smallest absolute Gasteiger partial charge is 0.317 e. The average Bonchev–Trinajstić information content (AvgIpc) is 2.59. The van der Waals surface area contributed by atoms with Crippen LogP contribution < -0.4 is 10.1 Å². The Labute approximate surface area is 136 Å². The maximum atomic E-state index is 12.1. The fourth-order valence-electron chi connectivity index (χ4n) is 2.17. The first-order valence-corrected chi connectivity index (χ1v) is 7.69. The molecular weight excluding hydrogens is 292 g/mol. The van der Waals surface area contributed by atoms with Gasteiger partial charge in [0.1, 0.15) is 11.5 Å². The van der Waals surface area contributed by atoms with Crippen LogP contribution in [0.3, 0.4) is 0 Å². The maximum absolute atomic E-state index is 12.1. The second kappa shape index (κ2) is 8.80. The van der Waals surface area contributed by atoms with Crippen molar-refractivity contribution in [3.63, 3.8) is 0 Å². The summed E-state index contributed by atoms with van der Waals surface area (Å²) in [5.41, 5.74) is 0.893. The highest BCUT2D eigenvalue weighted by Crippen LogP contribution is 2.24. The van der Waals surface area contributed by atoms with Crippen molar-refractivity contribution in [1.29, 1.82) is 0 Å². The maximum Gasteiger partial charge on any atom is 0.317 e. The second-order valence-corrected chi connectivity index (χ2v) is 4.98. The minimum absolute atomic E-state index is 0.0467. The number of ether oxygens (including phenoxy) is 1. The van der Waals surface area contributed by atoms with Crippen LogP contribution in [-0.4, -0.2) is 35.7 Å². The van der Waals surface area contributed by atoms with Crippen LogP contribution in [0.1, 0.15) is 12.5 Å². The highest BCUT2D eigenvalue weighted by molar-refractivity contribution is 5.74. The molecule has 5 nitrogen and oxygen atoms in total. The van der Waals surface area contributed by atoms with Crippen LogP contribution in [0, 0.1) is 0 Å². The van der Waals surface area contributed by atoms with Gasteiger partial charge in [-0.2, -0.15) is 0 Å². The fraction of sp³-hybridized carbons (Fsp3) is 0.278. The molecule has 0 unspecified atom stereocenters. The third-order valence-electron chi connectivity index (χ3n) is 3.41. The number of para-hydroxylation sites is 2.